The quantitative estimate of drug-likeness (QED) is 0.431. The number of H-pyrrole nitrogens is 1. The number of nitrogens with zero attached hydrogens (tertiary/aromatic N) is 1. The lowest BCUT2D eigenvalue weighted by atomic mass is 10.0. The zero-order chi connectivity index (χ0) is 20.7. The van der Waals surface area contributed by atoms with Gasteiger partial charge in [0.2, 0.25) is 0 Å². The first-order chi connectivity index (χ1) is 14.6. The molecule has 1 N–H and O–H groups in total. The van der Waals surface area contributed by atoms with Crippen molar-refractivity contribution in [2.75, 3.05) is 6.61 Å². The summed E-state index contributed by atoms with van der Waals surface area (Å²) in [6.45, 7) is 2.42. The minimum atomic E-state index is -0.191. The molecule has 148 valence electrons. The van der Waals surface area contributed by atoms with Crippen LogP contribution in [-0.4, -0.2) is 16.6 Å². The Labute approximate surface area is 182 Å². The molecule has 6 heteroatoms. The molecule has 1 aliphatic heterocycles. The Morgan fingerprint density at radius 1 is 1.17 bits per heavy atom. The van der Waals surface area contributed by atoms with Crippen LogP contribution in [0.3, 0.4) is 0 Å². The second-order valence-corrected chi connectivity index (χ2v) is 8.64. The fraction of sp³-hybridized carbons (Fsp3) is 0.0833. The van der Waals surface area contributed by atoms with Crippen molar-refractivity contribution < 1.29 is 4.74 Å². The molecule has 0 bridgehead atoms. The van der Waals surface area contributed by atoms with Gasteiger partial charge in [-0.1, -0.05) is 60.1 Å². The summed E-state index contributed by atoms with van der Waals surface area (Å²) in [5.41, 5.74) is 3.65. The van der Waals surface area contributed by atoms with E-state index in [0.29, 0.717) is 27.7 Å². The summed E-state index contributed by atoms with van der Waals surface area (Å²) in [5, 5.41) is 0.974. The molecule has 0 amide bonds. The van der Waals surface area contributed by atoms with E-state index < -0.39 is 0 Å². The number of rotatable bonds is 3. The van der Waals surface area contributed by atoms with Crippen LogP contribution in [0.1, 0.15) is 16.3 Å². The van der Waals surface area contributed by atoms with Gasteiger partial charge in [-0.3, -0.25) is 4.79 Å². The smallest absolute Gasteiger partial charge is 0.260 e. The molecule has 5 rings (SSSR count). The Hall–Kier alpha value is -3.15. The van der Waals surface area contributed by atoms with Gasteiger partial charge in [-0.15, -0.1) is 11.3 Å². The molecule has 1 aliphatic rings. The van der Waals surface area contributed by atoms with E-state index in [1.54, 1.807) is 6.08 Å². The van der Waals surface area contributed by atoms with Crippen LogP contribution in [0.25, 0.3) is 32.5 Å². The molecular weight excluding hydrogens is 416 g/mol. The first-order valence-corrected chi connectivity index (χ1v) is 10.7. The number of benzene rings is 2. The molecule has 0 radical (unpaired) electrons. The summed E-state index contributed by atoms with van der Waals surface area (Å²) in [5.74, 6) is 1.20. The topological polar surface area (TPSA) is 55.0 Å². The Bertz CT molecular complexity index is 1380. The molecule has 0 spiro atoms. The maximum atomic E-state index is 13.0. The molecule has 0 unspecified atom stereocenters. The second kappa shape index (κ2) is 7.59. The largest absolute Gasteiger partial charge is 0.488 e. The second-order valence-electron chi connectivity index (χ2n) is 7.03. The van der Waals surface area contributed by atoms with Gasteiger partial charge in [0.1, 0.15) is 17.2 Å². The van der Waals surface area contributed by atoms with E-state index in [9.17, 15) is 4.79 Å². The molecule has 0 atom stereocenters. The van der Waals surface area contributed by atoms with Crippen molar-refractivity contribution >= 4 is 44.3 Å². The van der Waals surface area contributed by atoms with E-state index in [4.69, 9.17) is 16.3 Å². The summed E-state index contributed by atoms with van der Waals surface area (Å²) in [6.07, 6.45) is 3.82. The van der Waals surface area contributed by atoms with Crippen LogP contribution in [0.15, 0.2) is 71.0 Å². The normalized spacial score (nSPS) is 13.7. The maximum absolute atomic E-state index is 13.0. The van der Waals surface area contributed by atoms with Gasteiger partial charge in [-0.25, -0.2) is 4.98 Å². The number of aromatic amines is 1. The molecule has 30 heavy (non-hydrogen) atoms. The number of nitrogens with one attached hydrogen (secondary N) is 1. The third-order valence-corrected chi connectivity index (χ3v) is 6.28. The first kappa shape index (κ1) is 18.9. The highest BCUT2D eigenvalue weighted by Crippen LogP contribution is 2.36. The zero-order valence-electron chi connectivity index (χ0n) is 16.1. The van der Waals surface area contributed by atoms with Crippen molar-refractivity contribution in [3.8, 4) is 16.9 Å². The van der Waals surface area contributed by atoms with Crippen molar-refractivity contribution in [2.24, 2.45) is 0 Å². The number of hydrogen-bond donors (Lipinski definition) is 1. The third-order valence-electron chi connectivity index (χ3n) is 4.99. The highest BCUT2D eigenvalue weighted by molar-refractivity contribution is 7.19. The minimum Gasteiger partial charge on any atom is -0.488 e. The SMILES string of the molecule is Cc1sc2nc(/C(Cl)=C/C3=Cc4ccccc4OC3)[nH]c(=O)c2c1-c1ccccc1. The molecule has 2 aromatic heterocycles. The van der Waals surface area contributed by atoms with Gasteiger partial charge in [0.05, 0.1) is 10.4 Å². The standard InChI is InChI=1S/C24H17ClN2O2S/c1-14-20(16-7-3-2-4-8-16)21-23(28)26-22(27-24(21)30-14)18(25)12-15-11-17-9-5-6-10-19(17)29-13-15/h2-12H,13H2,1H3,(H,26,27,28)/b18-12-. The first-order valence-electron chi connectivity index (χ1n) is 9.49. The molecule has 0 aliphatic carbocycles. The predicted octanol–water partition coefficient (Wildman–Crippen LogP) is 6.02. The van der Waals surface area contributed by atoms with E-state index in [2.05, 4.69) is 9.97 Å². The Balaban J connectivity index is 1.57. The van der Waals surface area contributed by atoms with Gasteiger partial charge >= 0.3 is 0 Å². The van der Waals surface area contributed by atoms with Crippen molar-refractivity contribution in [1.82, 2.24) is 9.97 Å². The summed E-state index contributed by atoms with van der Waals surface area (Å²) in [7, 11) is 0. The number of fused-ring (bicyclic) bond motifs is 2. The van der Waals surface area contributed by atoms with Crippen LogP contribution in [0.2, 0.25) is 0 Å². The Morgan fingerprint density at radius 2 is 1.93 bits per heavy atom. The van der Waals surface area contributed by atoms with Gasteiger partial charge in [-0.2, -0.15) is 0 Å². The highest BCUT2D eigenvalue weighted by atomic mass is 35.5. The Kier molecular flexibility index (Phi) is 4.77. The summed E-state index contributed by atoms with van der Waals surface area (Å²) >= 11 is 8.04. The zero-order valence-corrected chi connectivity index (χ0v) is 17.7. The van der Waals surface area contributed by atoms with E-state index in [1.807, 2.05) is 67.6 Å². The number of aryl methyl sites for hydroxylation is 1. The molecular formula is C24H17ClN2O2S. The number of thiophene rings is 1. The van der Waals surface area contributed by atoms with Crippen LogP contribution in [0.4, 0.5) is 0 Å². The minimum absolute atomic E-state index is 0.191. The highest BCUT2D eigenvalue weighted by Gasteiger charge is 2.18. The molecule has 0 saturated carbocycles. The van der Waals surface area contributed by atoms with Crippen LogP contribution in [0, 0.1) is 6.92 Å². The summed E-state index contributed by atoms with van der Waals surface area (Å²) < 4.78 is 5.77. The molecule has 4 aromatic rings. The fourth-order valence-corrected chi connectivity index (χ4v) is 4.91. The van der Waals surface area contributed by atoms with Gasteiger partial charge in [0.25, 0.3) is 5.56 Å². The molecule has 4 nitrogen and oxygen atoms in total. The maximum Gasteiger partial charge on any atom is 0.260 e. The number of hydrogen-bond acceptors (Lipinski definition) is 4. The van der Waals surface area contributed by atoms with Crippen molar-refractivity contribution in [3.63, 3.8) is 0 Å². The molecule has 0 fully saturated rings. The summed E-state index contributed by atoms with van der Waals surface area (Å²) in [4.78, 5) is 22.2. The van der Waals surface area contributed by atoms with Crippen molar-refractivity contribution in [3.05, 3.63) is 92.9 Å². The number of ether oxygens (including phenoxy) is 1. The lowest BCUT2D eigenvalue weighted by molar-refractivity contribution is 0.351. The van der Waals surface area contributed by atoms with Crippen LogP contribution in [0.5, 0.6) is 5.75 Å². The lowest BCUT2D eigenvalue weighted by Crippen LogP contribution is -2.11. The van der Waals surface area contributed by atoms with Gasteiger partial charge in [0.15, 0.2) is 5.82 Å². The van der Waals surface area contributed by atoms with E-state index in [-0.39, 0.29) is 5.56 Å². The average molecular weight is 433 g/mol. The molecule has 2 aromatic carbocycles. The Morgan fingerprint density at radius 3 is 2.77 bits per heavy atom. The number of para-hydroxylation sites is 1. The van der Waals surface area contributed by atoms with Gasteiger partial charge < -0.3 is 9.72 Å². The van der Waals surface area contributed by atoms with Crippen LogP contribution >= 0.6 is 22.9 Å². The van der Waals surface area contributed by atoms with Crippen molar-refractivity contribution in [1.29, 1.82) is 0 Å². The van der Waals surface area contributed by atoms with E-state index in [0.717, 1.165) is 32.9 Å². The summed E-state index contributed by atoms with van der Waals surface area (Å²) in [6, 6.07) is 17.7. The van der Waals surface area contributed by atoms with Gasteiger partial charge in [0, 0.05) is 16.0 Å². The van der Waals surface area contributed by atoms with Gasteiger partial charge in [-0.05, 0) is 36.3 Å². The molecule has 0 saturated heterocycles. The fourth-order valence-electron chi connectivity index (χ4n) is 3.63. The number of aromatic nitrogens is 2. The van der Waals surface area contributed by atoms with E-state index >= 15 is 0 Å². The average Bonchev–Trinajstić information content (AvgIpc) is 3.10. The molecule has 3 heterocycles. The lowest BCUT2D eigenvalue weighted by Gasteiger charge is -2.16. The van der Waals surface area contributed by atoms with Crippen molar-refractivity contribution in [2.45, 2.75) is 6.92 Å². The number of halogens is 1. The van der Waals surface area contributed by atoms with Crippen LogP contribution in [-0.2, 0) is 0 Å². The van der Waals surface area contributed by atoms with Crippen LogP contribution < -0.4 is 10.3 Å². The predicted molar refractivity (Wildman–Crippen MR) is 124 cm³/mol. The third kappa shape index (κ3) is 3.36. The monoisotopic (exact) mass is 432 g/mol. The van der Waals surface area contributed by atoms with E-state index in [1.165, 1.54) is 11.3 Å².